The fourth-order valence-corrected chi connectivity index (χ4v) is 3.29. The number of hydrogen-bond acceptors (Lipinski definition) is 5. The van der Waals surface area contributed by atoms with E-state index >= 15 is 0 Å². The normalized spacial score (nSPS) is 18.5. The Morgan fingerprint density at radius 3 is 2.86 bits per heavy atom. The van der Waals surface area contributed by atoms with Crippen LogP contribution in [-0.4, -0.2) is 37.3 Å². The molecule has 2 amide bonds. The fourth-order valence-electron chi connectivity index (χ4n) is 3.29. The lowest BCUT2D eigenvalue weighted by molar-refractivity contribution is -0.118. The van der Waals surface area contributed by atoms with Crippen molar-refractivity contribution in [1.29, 1.82) is 0 Å². The van der Waals surface area contributed by atoms with Crippen LogP contribution in [0.2, 0.25) is 0 Å². The van der Waals surface area contributed by atoms with Crippen molar-refractivity contribution in [2.75, 3.05) is 24.7 Å². The zero-order valence-corrected chi connectivity index (χ0v) is 15.6. The Morgan fingerprint density at radius 1 is 1.25 bits per heavy atom. The van der Waals surface area contributed by atoms with Crippen LogP contribution in [0.5, 0.6) is 5.75 Å². The number of hydrogen-bond donors (Lipinski definition) is 2. The largest absolute Gasteiger partial charge is 0.493 e. The van der Waals surface area contributed by atoms with Gasteiger partial charge in [-0.05, 0) is 37.1 Å². The monoisotopic (exact) mass is 378 g/mol. The van der Waals surface area contributed by atoms with Crippen LogP contribution in [0.25, 0.3) is 0 Å². The van der Waals surface area contributed by atoms with E-state index in [2.05, 4.69) is 15.7 Å². The fraction of sp³-hybridized carbons (Fsp3) is 0.286. The van der Waals surface area contributed by atoms with Crippen LogP contribution in [-0.2, 0) is 16.0 Å². The van der Waals surface area contributed by atoms with Crippen LogP contribution < -0.4 is 20.5 Å². The molecule has 0 fully saturated rings. The molecule has 7 nitrogen and oxygen atoms in total. The molecule has 0 radical (unpaired) electrons. The number of anilines is 1. The van der Waals surface area contributed by atoms with Gasteiger partial charge in [0.2, 0.25) is 5.84 Å². The molecular formula is C21H22N4O3. The number of fused-ring (bicyclic) bond motifs is 1. The number of rotatable bonds is 4. The number of aryl methyl sites for hydroxylation is 1. The van der Waals surface area contributed by atoms with E-state index in [1.165, 1.54) is 5.01 Å². The lowest BCUT2D eigenvalue weighted by Crippen LogP contribution is -2.56. The van der Waals surface area contributed by atoms with Gasteiger partial charge < -0.3 is 10.1 Å². The van der Waals surface area contributed by atoms with Gasteiger partial charge in [0, 0.05) is 12.5 Å². The molecule has 2 aromatic rings. The quantitative estimate of drug-likeness (QED) is 0.847. The Kier molecular flexibility index (Phi) is 4.97. The van der Waals surface area contributed by atoms with Crippen molar-refractivity contribution in [2.45, 2.75) is 13.3 Å². The van der Waals surface area contributed by atoms with Gasteiger partial charge in [0.05, 0.1) is 12.3 Å². The molecule has 0 aromatic heterocycles. The number of aliphatic imine (C=N–C) groups is 1. The number of hydrazine groups is 1. The summed E-state index contributed by atoms with van der Waals surface area (Å²) in [6, 6.07) is 15.4. The first kappa shape index (κ1) is 18.0. The Bertz CT molecular complexity index is 924. The first-order valence-corrected chi connectivity index (χ1v) is 9.30. The minimum Gasteiger partial charge on any atom is -0.493 e. The summed E-state index contributed by atoms with van der Waals surface area (Å²) in [7, 11) is 0. The first-order chi connectivity index (χ1) is 13.6. The lowest BCUT2D eigenvalue weighted by atomic mass is 9.97. The number of para-hydroxylation sites is 1. The molecule has 0 aliphatic carbocycles. The van der Waals surface area contributed by atoms with Crippen molar-refractivity contribution >= 4 is 23.3 Å². The van der Waals surface area contributed by atoms with Gasteiger partial charge in [-0.25, -0.2) is 5.01 Å². The van der Waals surface area contributed by atoms with Crippen molar-refractivity contribution in [3.63, 3.8) is 0 Å². The molecule has 28 heavy (non-hydrogen) atoms. The molecule has 7 heteroatoms. The van der Waals surface area contributed by atoms with E-state index in [-0.39, 0.29) is 30.1 Å². The molecule has 1 atom stereocenters. The van der Waals surface area contributed by atoms with E-state index in [1.807, 2.05) is 55.5 Å². The van der Waals surface area contributed by atoms with Gasteiger partial charge in [-0.15, -0.1) is 0 Å². The summed E-state index contributed by atoms with van der Waals surface area (Å²) < 4.78 is 5.76. The average Bonchev–Trinajstić information content (AvgIpc) is 2.73. The standard InChI is InChI=1S/C21H22N4O3/c1-14-6-8-17(9-7-14)25-19(26)12-22-20(24-25)21(27)23-11-15-10-16-4-2-3-5-18(16)28-13-15/h2-9,15H,10-13H2,1H3,(H,22,24)(H,23,27). The number of ether oxygens (including phenoxy) is 1. The Balaban J connectivity index is 1.36. The molecule has 2 heterocycles. The summed E-state index contributed by atoms with van der Waals surface area (Å²) in [5.74, 6) is 0.701. The highest BCUT2D eigenvalue weighted by Gasteiger charge is 2.26. The molecule has 2 aliphatic heterocycles. The van der Waals surface area contributed by atoms with Gasteiger partial charge in [0.1, 0.15) is 12.3 Å². The second-order valence-corrected chi connectivity index (χ2v) is 7.04. The van der Waals surface area contributed by atoms with E-state index in [0.717, 1.165) is 23.3 Å². The molecule has 0 saturated carbocycles. The van der Waals surface area contributed by atoms with Crippen LogP contribution in [0.15, 0.2) is 53.5 Å². The molecule has 2 aliphatic rings. The van der Waals surface area contributed by atoms with E-state index in [0.29, 0.717) is 18.8 Å². The number of carbonyl (C=O) groups excluding carboxylic acids is 2. The van der Waals surface area contributed by atoms with Gasteiger partial charge in [-0.2, -0.15) is 0 Å². The summed E-state index contributed by atoms with van der Waals surface area (Å²) in [4.78, 5) is 28.8. The molecule has 0 bridgehead atoms. The minimum absolute atomic E-state index is 0.0659. The summed E-state index contributed by atoms with van der Waals surface area (Å²) in [6.07, 6.45) is 0.852. The van der Waals surface area contributed by atoms with Crippen molar-refractivity contribution in [1.82, 2.24) is 10.7 Å². The Hall–Kier alpha value is -3.35. The third kappa shape index (κ3) is 3.83. The molecule has 1 unspecified atom stereocenters. The molecule has 2 N–H and O–H groups in total. The molecule has 0 saturated heterocycles. The summed E-state index contributed by atoms with van der Waals surface area (Å²) in [6.45, 7) is 2.95. The second kappa shape index (κ2) is 7.72. The van der Waals surface area contributed by atoms with E-state index < -0.39 is 0 Å². The second-order valence-electron chi connectivity index (χ2n) is 7.04. The minimum atomic E-state index is -0.330. The summed E-state index contributed by atoms with van der Waals surface area (Å²) >= 11 is 0. The SMILES string of the molecule is Cc1ccc(N2NC(C(=O)NCC3COc4ccccc4C3)=NCC2=O)cc1. The van der Waals surface area contributed by atoms with Crippen molar-refractivity contribution < 1.29 is 14.3 Å². The third-order valence-electron chi connectivity index (χ3n) is 4.85. The maximum absolute atomic E-state index is 12.5. The van der Waals surface area contributed by atoms with Gasteiger partial charge in [0.15, 0.2) is 0 Å². The number of benzene rings is 2. The summed E-state index contributed by atoms with van der Waals surface area (Å²) in [5, 5.41) is 4.26. The molecular weight excluding hydrogens is 356 g/mol. The average molecular weight is 378 g/mol. The van der Waals surface area contributed by atoms with Crippen LogP contribution in [0.3, 0.4) is 0 Å². The zero-order valence-electron chi connectivity index (χ0n) is 15.6. The van der Waals surface area contributed by atoms with Crippen molar-refractivity contribution in [3.8, 4) is 5.75 Å². The first-order valence-electron chi connectivity index (χ1n) is 9.30. The highest BCUT2D eigenvalue weighted by Crippen LogP contribution is 2.26. The van der Waals surface area contributed by atoms with Crippen molar-refractivity contribution in [2.24, 2.45) is 10.9 Å². The summed E-state index contributed by atoms with van der Waals surface area (Å²) in [5.41, 5.74) is 5.75. The van der Waals surface area contributed by atoms with Gasteiger partial charge in [-0.3, -0.25) is 20.0 Å². The number of amidine groups is 1. The molecule has 4 rings (SSSR count). The number of carbonyl (C=O) groups is 2. The van der Waals surface area contributed by atoms with Crippen LogP contribution >= 0.6 is 0 Å². The highest BCUT2D eigenvalue weighted by molar-refractivity contribution is 6.39. The topological polar surface area (TPSA) is 83.0 Å². The van der Waals surface area contributed by atoms with E-state index in [4.69, 9.17) is 4.74 Å². The number of amides is 2. The predicted octanol–water partition coefficient (Wildman–Crippen LogP) is 1.61. The predicted molar refractivity (Wildman–Crippen MR) is 106 cm³/mol. The number of nitrogens with zero attached hydrogens (tertiary/aromatic N) is 2. The van der Waals surface area contributed by atoms with Gasteiger partial charge >= 0.3 is 0 Å². The van der Waals surface area contributed by atoms with Crippen LogP contribution in [0.1, 0.15) is 11.1 Å². The third-order valence-corrected chi connectivity index (χ3v) is 4.85. The Morgan fingerprint density at radius 2 is 2.04 bits per heavy atom. The van der Waals surface area contributed by atoms with Crippen LogP contribution in [0.4, 0.5) is 5.69 Å². The number of nitrogens with one attached hydrogen (secondary N) is 2. The molecule has 0 spiro atoms. The van der Waals surface area contributed by atoms with Crippen LogP contribution in [0, 0.1) is 12.8 Å². The maximum atomic E-state index is 12.5. The van der Waals surface area contributed by atoms with Gasteiger partial charge in [-0.1, -0.05) is 35.9 Å². The van der Waals surface area contributed by atoms with Gasteiger partial charge in [0.25, 0.3) is 11.8 Å². The smallest absolute Gasteiger partial charge is 0.288 e. The van der Waals surface area contributed by atoms with E-state index in [1.54, 1.807) is 0 Å². The maximum Gasteiger partial charge on any atom is 0.288 e. The highest BCUT2D eigenvalue weighted by atomic mass is 16.5. The van der Waals surface area contributed by atoms with E-state index in [9.17, 15) is 9.59 Å². The zero-order chi connectivity index (χ0) is 19.5. The molecule has 144 valence electrons. The Labute approximate surface area is 163 Å². The lowest BCUT2D eigenvalue weighted by Gasteiger charge is -2.28. The molecule has 2 aromatic carbocycles. The van der Waals surface area contributed by atoms with Crippen molar-refractivity contribution in [3.05, 3.63) is 59.7 Å².